The number of anilines is 1. The van der Waals surface area contributed by atoms with Gasteiger partial charge in [-0.2, -0.15) is 0 Å². The molecule has 1 heterocycles. The standard InChI is InChI=1S/C19H19Cl2FN2O3S/c20-15-5-1-3-13(9-15)12-28(26,27)24-8-2-4-14(11-24)19(25)23-16-6-7-18(22)17(21)10-16/h1,3,5-7,9-10,14H,2,4,8,11-12H2,(H,23,25)/t14-/m0/s1. The van der Waals surface area contributed by atoms with Gasteiger partial charge in [-0.3, -0.25) is 4.79 Å². The minimum atomic E-state index is -3.58. The Balaban J connectivity index is 1.67. The van der Waals surface area contributed by atoms with E-state index in [4.69, 9.17) is 23.2 Å². The average Bonchev–Trinajstić information content (AvgIpc) is 2.64. The average molecular weight is 445 g/mol. The third kappa shape index (κ3) is 5.23. The number of hydrogen-bond donors (Lipinski definition) is 1. The molecule has 1 fully saturated rings. The number of carbonyl (C=O) groups excluding carboxylic acids is 1. The van der Waals surface area contributed by atoms with Crippen LogP contribution in [-0.4, -0.2) is 31.7 Å². The first-order valence-corrected chi connectivity index (χ1v) is 11.1. The zero-order valence-corrected chi connectivity index (χ0v) is 17.2. The summed E-state index contributed by atoms with van der Waals surface area (Å²) in [5.41, 5.74) is 0.968. The summed E-state index contributed by atoms with van der Waals surface area (Å²) < 4.78 is 40.1. The van der Waals surface area contributed by atoms with Crippen LogP contribution in [0.5, 0.6) is 0 Å². The Hall–Kier alpha value is -1.67. The van der Waals surface area contributed by atoms with Crippen molar-refractivity contribution in [1.29, 1.82) is 0 Å². The van der Waals surface area contributed by atoms with Crippen molar-refractivity contribution in [3.05, 3.63) is 63.9 Å². The smallest absolute Gasteiger partial charge is 0.228 e. The topological polar surface area (TPSA) is 66.5 Å². The van der Waals surface area contributed by atoms with Gasteiger partial charge < -0.3 is 5.32 Å². The van der Waals surface area contributed by atoms with Crippen LogP contribution in [0.25, 0.3) is 0 Å². The van der Waals surface area contributed by atoms with Crippen molar-refractivity contribution in [3.8, 4) is 0 Å². The fourth-order valence-corrected chi connectivity index (χ4v) is 5.15. The normalized spacial score (nSPS) is 18.0. The van der Waals surface area contributed by atoms with Crippen molar-refractivity contribution in [2.45, 2.75) is 18.6 Å². The molecule has 28 heavy (non-hydrogen) atoms. The first-order chi connectivity index (χ1) is 13.2. The first-order valence-electron chi connectivity index (χ1n) is 8.73. The predicted molar refractivity (Wildman–Crippen MR) is 108 cm³/mol. The SMILES string of the molecule is O=C(Nc1ccc(F)c(Cl)c1)[C@H]1CCCN(S(=O)(=O)Cc2cccc(Cl)c2)C1. The molecule has 0 aromatic heterocycles. The molecule has 2 aromatic rings. The summed E-state index contributed by atoms with van der Waals surface area (Å²) in [5.74, 6) is -1.55. The molecule has 3 rings (SSSR count). The molecular weight excluding hydrogens is 426 g/mol. The maximum absolute atomic E-state index is 13.3. The van der Waals surface area contributed by atoms with E-state index in [1.54, 1.807) is 24.3 Å². The van der Waals surface area contributed by atoms with Gasteiger partial charge in [-0.15, -0.1) is 0 Å². The van der Waals surface area contributed by atoms with Gasteiger partial charge in [-0.1, -0.05) is 35.3 Å². The number of sulfonamides is 1. The van der Waals surface area contributed by atoms with Crippen molar-refractivity contribution < 1.29 is 17.6 Å². The number of nitrogens with zero attached hydrogens (tertiary/aromatic N) is 1. The van der Waals surface area contributed by atoms with Crippen LogP contribution in [0.15, 0.2) is 42.5 Å². The summed E-state index contributed by atoms with van der Waals surface area (Å²) in [7, 11) is -3.58. The molecule has 1 saturated heterocycles. The van der Waals surface area contributed by atoms with E-state index < -0.39 is 21.8 Å². The number of hydrogen-bond acceptors (Lipinski definition) is 3. The van der Waals surface area contributed by atoms with Crippen molar-refractivity contribution in [2.75, 3.05) is 18.4 Å². The molecule has 0 unspecified atom stereocenters. The summed E-state index contributed by atoms with van der Waals surface area (Å²) in [4.78, 5) is 12.6. The second kappa shape index (κ2) is 8.78. The number of carbonyl (C=O) groups is 1. The lowest BCUT2D eigenvalue weighted by molar-refractivity contribution is -0.120. The third-order valence-corrected chi connectivity index (χ3v) is 6.91. The monoisotopic (exact) mass is 444 g/mol. The fourth-order valence-electron chi connectivity index (χ4n) is 3.16. The lowest BCUT2D eigenvalue weighted by atomic mass is 9.99. The first kappa shape index (κ1) is 21.0. The molecule has 0 bridgehead atoms. The van der Waals surface area contributed by atoms with Crippen molar-refractivity contribution >= 4 is 44.8 Å². The Morgan fingerprint density at radius 3 is 2.71 bits per heavy atom. The van der Waals surface area contributed by atoms with Crippen molar-refractivity contribution in [3.63, 3.8) is 0 Å². The zero-order chi connectivity index (χ0) is 20.3. The van der Waals surface area contributed by atoms with Gasteiger partial charge >= 0.3 is 0 Å². The van der Waals surface area contributed by atoms with Gasteiger partial charge in [0.05, 0.1) is 16.7 Å². The quantitative estimate of drug-likeness (QED) is 0.746. The van der Waals surface area contributed by atoms with Gasteiger partial charge in [0.25, 0.3) is 0 Å². The molecule has 5 nitrogen and oxygen atoms in total. The van der Waals surface area contributed by atoms with E-state index in [0.29, 0.717) is 35.7 Å². The van der Waals surface area contributed by atoms with E-state index in [1.165, 1.54) is 22.5 Å². The number of benzene rings is 2. The highest BCUT2D eigenvalue weighted by Crippen LogP contribution is 2.25. The molecule has 0 saturated carbocycles. The van der Waals surface area contributed by atoms with E-state index in [0.717, 1.165) is 0 Å². The molecule has 1 aliphatic heterocycles. The number of amides is 1. The van der Waals surface area contributed by atoms with Crippen LogP contribution in [-0.2, 0) is 20.6 Å². The second-order valence-electron chi connectivity index (χ2n) is 6.70. The van der Waals surface area contributed by atoms with Gasteiger partial charge in [0.15, 0.2) is 0 Å². The van der Waals surface area contributed by atoms with E-state index in [-0.39, 0.29) is 23.2 Å². The Bertz CT molecular complexity index is 985. The van der Waals surface area contributed by atoms with Gasteiger partial charge in [-0.25, -0.2) is 17.1 Å². The van der Waals surface area contributed by atoms with E-state index in [9.17, 15) is 17.6 Å². The van der Waals surface area contributed by atoms with Gasteiger partial charge in [0.2, 0.25) is 15.9 Å². The lowest BCUT2D eigenvalue weighted by Crippen LogP contribution is -2.44. The summed E-state index contributed by atoms with van der Waals surface area (Å²) in [6.07, 6.45) is 1.15. The molecule has 1 amide bonds. The second-order valence-corrected chi connectivity index (χ2v) is 9.51. The lowest BCUT2D eigenvalue weighted by Gasteiger charge is -2.31. The van der Waals surface area contributed by atoms with E-state index in [2.05, 4.69) is 5.32 Å². The van der Waals surface area contributed by atoms with Crippen LogP contribution in [0.3, 0.4) is 0 Å². The molecule has 9 heteroatoms. The largest absolute Gasteiger partial charge is 0.326 e. The molecule has 1 aliphatic rings. The molecule has 1 N–H and O–H groups in total. The highest BCUT2D eigenvalue weighted by molar-refractivity contribution is 7.88. The number of piperidine rings is 1. The highest BCUT2D eigenvalue weighted by Gasteiger charge is 2.32. The molecule has 1 atom stereocenters. The summed E-state index contributed by atoms with van der Waals surface area (Å²) in [6.45, 7) is 0.471. The van der Waals surface area contributed by atoms with Crippen molar-refractivity contribution in [1.82, 2.24) is 4.31 Å². The number of rotatable bonds is 5. The minimum absolute atomic E-state index is 0.0906. The number of halogens is 3. The van der Waals surface area contributed by atoms with Crippen molar-refractivity contribution in [2.24, 2.45) is 5.92 Å². The van der Waals surface area contributed by atoms with Crippen LogP contribution >= 0.6 is 23.2 Å². The Labute approximate surface area is 173 Å². The maximum Gasteiger partial charge on any atom is 0.228 e. The van der Waals surface area contributed by atoms with E-state index in [1.807, 2.05) is 0 Å². The minimum Gasteiger partial charge on any atom is -0.326 e. The number of nitrogens with one attached hydrogen (secondary N) is 1. The Morgan fingerprint density at radius 1 is 1.21 bits per heavy atom. The molecule has 2 aromatic carbocycles. The van der Waals surface area contributed by atoms with E-state index >= 15 is 0 Å². The van der Waals surface area contributed by atoms with Crippen LogP contribution in [0.2, 0.25) is 10.0 Å². The van der Waals surface area contributed by atoms with Gasteiger partial charge in [-0.05, 0) is 48.7 Å². The van der Waals surface area contributed by atoms with Gasteiger partial charge in [0, 0.05) is 23.8 Å². The molecule has 0 aliphatic carbocycles. The molecule has 0 radical (unpaired) electrons. The molecule has 0 spiro atoms. The van der Waals surface area contributed by atoms with Crippen LogP contribution in [0.1, 0.15) is 18.4 Å². The zero-order valence-electron chi connectivity index (χ0n) is 14.9. The Morgan fingerprint density at radius 2 is 2.00 bits per heavy atom. The summed E-state index contributed by atoms with van der Waals surface area (Å²) in [6, 6.07) is 10.6. The van der Waals surface area contributed by atoms with Crippen LogP contribution in [0.4, 0.5) is 10.1 Å². The van der Waals surface area contributed by atoms with Crippen LogP contribution < -0.4 is 5.32 Å². The summed E-state index contributed by atoms with van der Waals surface area (Å²) in [5, 5.41) is 3.06. The molecule has 150 valence electrons. The summed E-state index contributed by atoms with van der Waals surface area (Å²) >= 11 is 11.7. The molecular formula is C19H19Cl2FN2O3S. The maximum atomic E-state index is 13.3. The Kier molecular flexibility index (Phi) is 6.60. The van der Waals surface area contributed by atoms with Gasteiger partial charge in [0.1, 0.15) is 5.82 Å². The third-order valence-electron chi connectivity index (χ3n) is 4.57. The highest BCUT2D eigenvalue weighted by atomic mass is 35.5. The fraction of sp³-hybridized carbons (Fsp3) is 0.316. The van der Waals surface area contributed by atoms with Crippen LogP contribution in [0, 0.1) is 11.7 Å². The predicted octanol–water partition coefficient (Wildman–Crippen LogP) is 4.31.